The number of amides is 2. The fourth-order valence-electron chi connectivity index (χ4n) is 2.08. The number of aryl methyl sites for hydroxylation is 1. The summed E-state index contributed by atoms with van der Waals surface area (Å²) in [5.74, 6) is 0. The van der Waals surface area contributed by atoms with Crippen LogP contribution in [0.5, 0.6) is 0 Å². The van der Waals surface area contributed by atoms with Gasteiger partial charge in [0.25, 0.3) is 10.0 Å². The molecule has 0 aliphatic heterocycles. The number of nitrogens with zero attached hydrogens (tertiary/aromatic N) is 1. The van der Waals surface area contributed by atoms with Crippen molar-refractivity contribution in [1.29, 1.82) is 0 Å². The lowest BCUT2D eigenvalue weighted by Crippen LogP contribution is -2.44. The number of rotatable bonds is 5. The molecule has 0 spiro atoms. The average Bonchev–Trinajstić information content (AvgIpc) is 2.55. The van der Waals surface area contributed by atoms with Crippen LogP contribution in [0.25, 0.3) is 0 Å². The molecule has 0 aromatic heterocycles. The Bertz CT molecular complexity index is 792. The van der Waals surface area contributed by atoms with Crippen molar-refractivity contribution in [1.82, 2.24) is 4.31 Å². The fraction of sp³-hybridized carbons (Fsp3) is 0.235. The molecule has 2 aromatic rings. The predicted octanol–water partition coefficient (Wildman–Crippen LogP) is 4.19. The molecule has 0 radical (unpaired) electrons. The maximum atomic E-state index is 12.9. The zero-order valence-corrected chi connectivity index (χ0v) is 15.0. The molecule has 1 atom stereocenters. The highest BCUT2D eigenvalue weighted by Crippen LogP contribution is 2.23. The quantitative estimate of drug-likeness (QED) is 0.637. The fourth-order valence-corrected chi connectivity index (χ4v) is 3.90. The third-order valence-electron chi connectivity index (χ3n) is 3.39. The number of nitrogens with one attached hydrogen (secondary N) is 1. The Hall–Kier alpha value is -2.05. The Morgan fingerprint density at radius 3 is 2.25 bits per heavy atom. The van der Waals surface area contributed by atoms with Gasteiger partial charge in [0.2, 0.25) is 0 Å². The lowest BCUT2D eigenvalue weighted by molar-refractivity contribution is 0.232. The molecular formula is C17H19ClN2O3S. The van der Waals surface area contributed by atoms with Crippen LogP contribution in [-0.4, -0.2) is 24.3 Å². The molecule has 0 saturated carbocycles. The second-order valence-electron chi connectivity index (χ2n) is 5.25. The maximum Gasteiger partial charge on any atom is 0.337 e. The molecule has 1 N–H and O–H groups in total. The summed E-state index contributed by atoms with van der Waals surface area (Å²) < 4.78 is 26.4. The minimum absolute atomic E-state index is 0.0235. The number of anilines is 1. The highest BCUT2D eigenvalue weighted by molar-refractivity contribution is 7.89. The van der Waals surface area contributed by atoms with E-state index < -0.39 is 21.6 Å². The van der Waals surface area contributed by atoms with Gasteiger partial charge in [-0.25, -0.2) is 13.2 Å². The molecule has 2 rings (SSSR count). The minimum Gasteiger partial charge on any atom is -0.307 e. The second-order valence-corrected chi connectivity index (χ2v) is 7.57. The molecule has 2 aromatic carbocycles. The van der Waals surface area contributed by atoms with Crippen LogP contribution in [0.4, 0.5) is 10.5 Å². The Labute approximate surface area is 147 Å². The molecule has 0 bridgehead atoms. The first-order chi connectivity index (χ1) is 11.4. The Kier molecular flexibility index (Phi) is 5.85. The molecule has 0 aliphatic carbocycles. The van der Waals surface area contributed by atoms with Crippen molar-refractivity contribution in [2.24, 2.45) is 0 Å². The SMILES string of the molecule is CCC(Cl)N(C(=O)Nc1ccccc1)S(=O)(=O)c1ccc(C)cc1. The van der Waals surface area contributed by atoms with Crippen LogP contribution in [0.1, 0.15) is 18.9 Å². The molecule has 0 saturated heterocycles. The van der Waals surface area contributed by atoms with E-state index in [4.69, 9.17) is 11.6 Å². The van der Waals surface area contributed by atoms with Gasteiger partial charge in [0.1, 0.15) is 5.50 Å². The number of halogens is 1. The van der Waals surface area contributed by atoms with Gasteiger partial charge >= 0.3 is 6.03 Å². The highest BCUT2D eigenvalue weighted by atomic mass is 35.5. The first-order valence-electron chi connectivity index (χ1n) is 7.47. The van der Waals surface area contributed by atoms with Crippen LogP contribution in [0.2, 0.25) is 0 Å². The van der Waals surface area contributed by atoms with Crippen molar-refractivity contribution >= 4 is 33.3 Å². The third-order valence-corrected chi connectivity index (χ3v) is 5.82. The van der Waals surface area contributed by atoms with Crippen molar-refractivity contribution < 1.29 is 13.2 Å². The number of hydrogen-bond acceptors (Lipinski definition) is 3. The van der Waals surface area contributed by atoms with Gasteiger partial charge in [0.05, 0.1) is 4.90 Å². The number of carbonyl (C=O) groups excluding carboxylic acids is 1. The van der Waals surface area contributed by atoms with Gasteiger partial charge in [0, 0.05) is 5.69 Å². The van der Waals surface area contributed by atoms with E-state index in [0.717, 1.165) is 5.56 Å². The number of benzene rings is 2. The van der Waals surface area contributed by atoms with Gasteiger partial charge < -0.3 is 5.32 Å². The summed E-state index contributed by atoms with van der Waals surface area (Å²) in [6.07, 6.45) is 0.287. The van der Waals surface area contributed by atoms with E-state index in [2.05, 4.69) is 5.32 Å². The van der Waals surface area contributed by atoms with E-state index in [1.165, 1.54) is 12.1 Å². The number of sulfonamides is 1. The van der Waals surface area contributed by atoms with Crippen LogP contribution >= 0.6 is 11.6 Å². The van der Waals surface area contributed by atoms with E-state index in [9.17, 15) is 13.2 Å². The first-order valence-corrected chi connectivity index (χ1v) is 9.35. The smallest absolute Gasteiger partial charge is 0.307 e. The summed E-state index contributed by atoms with van der Waals surface area (Å²) in [6, 6.07) is 14.1. The molecule has 7 heteroatoms. The number of carbonyl (C=O) groups is 1. The van der Waals surface area contributed by atoms with E-state index in [0.29, 0.717) is 9.99 Å². The number of alkyl halides is 1. The normalized spacial score (nSPS) is 12.5. The molecule has 0 aliphatic rings. The summed E-state index contributed by atoms with van der Waals surface area (Å²) in [4.78, 5) is 12.6. The summed E-state index contributed by atoms with van der Waals surface area (Å²) in [6.45, 7) is 3.57. The summed E-state index contributed by atoms with van der Waals surface area (Å²) >= 11 is 6.14. The molecule has 1 unspecified atom stereocenters. The maximum absolute atomic E-state index is 12.9. The number of hydrogen-bond donors (Lipinski definition) is 1. The van der Waals surface area contributed by atoms with Gasteiger partial charge in [-0.2, -0.15) is 4.31 Å². The standard InChI is InChI=1S/C17H19ClN2O3S/c1-3-16(18)20(17(21)19-14-7-5-4-6-8-14)24(22,23)15-11-9-13(2)10-12-15/h4-12,16H,3H2,1-2H3,(H,19,21). The molecule has 2 amide bonds. The summed E-state index contributed by atoms with van der Waals surface area (Å²) in [5.41, 5.74) is 0.429. The lowest BCUT2D eigenvalue weighted by atomic mass is 10.2. The first kappa shape index (κ1) is 18.3. The van der Waals surface area contributed by atoms with E-state index >= 15 is 0 Å². The van der Waals surface area contributed by atoms with Gasteiger partial charge in [0.15, 0.2) is 0 Å². The van der Waals surface area contributed by atoms with Gasteiger partial charge in [-0.05, 0) is 37.6 Å². The van der Waals surface area contributed by atoms with Crippen LogP contribution in [-0.2, 0) is 10.0 Å². The Morgan fingerprint density at radius 2 is 1.71 bits per heavy atom. The van der Waals surface area contributed by atoms with E-state index in [1.807, 2.05) is 6.92 Å². The third kappa shape index (κ3) is 4.07. The van der Waals surface area contributed by atoms with E-state index in [1.54, 1.807) is 49.4 Å². The van der Waals surface area contributed by atoms with Crippen molar-refractivity contribution in [3.8, 4) is 0 Å². The monoisotopic (exact) mass is 366 g/mol. The van der Waals surface area contributed by atoms with Crippen molar-refractivity contribution in [2.45, 2.75) is 30.7 Å². The molecule has 5 nitrogen and oxygen atoms in total. The highest BCUT2D eigenvalue weighted by Gasteiger charge is 2.34. The van der Waals surface area contributed by atoms with Gasteiger partial charge in [-0.3, -0.25) is 0 Å². The van der Waals surface area contributed by atoms with E-state index in [-0.39, 0.29) is 11.3 Å². The minimum atomic E-state index is -4.06. The van der Waals surface area contributed by atoms with Gasteiger partial charge in [-0.1, -0.05) is 54.4 Å². The molecular weight excluding hydrogens is 348 g/mol. The summed E-state index contributed by atoms with van der Waals surface area (Å²) in [5, 5.41) is 2.57. The zero-order valence-electron chi connectivity index (χ0n) is 13.4. The van der Waals surface area contributed by atoms with Crippen molar-refractivity contribution in [2.75, 3.05) is 5.32 Å². The zero-order chi connectivity index (χ0) is 17.7. The molecule has 0 heterocycles. The molecule has 128 valence electrons. The molecule has 24 heavy (non-hydrogen) atoms. The van der Waals surface area contributed by atoms with Crippen LogP contribution < -0.4 is 5.32 Å². The van der Waals surface area contributed by atoms with Gasteiger partial charge in [-0.15, -0.1) is 0 Å². The Morgan fingerprint density at radius 1 is 1.12 bits per heavy atom. The summed E-state index contributed by atoms with van der Waals surface area (Å²) in [7, 11) is -4.06. The molecule has 0 fully saturated rings. The van der Waals surface area contributed by atoms with Crippen molar-refractivity contribution in [3.63, 3.8) is 0 Å². The second kappa shape index (κ2) is 7.68. The topological polar surface area (TPSA) is 66.5 Å². The lowest BCUT2D eigenvalue weighted by Gasteiger charge is -2.26. The number of para-hydroxylation sites is 1. The predicted molar refractivity (Wildman–Crippen MR) is 95.6 cm³/mol. The Balaban J connectivity index is 2.37. The largest absolute Gasteiger partial charge is 0.337 e. The van der Waals surface area contributed by atoms with Crippen LogP contribution in [0.3, 0.4) is 0 Å². The van der Waals surface area contributed by atoms with Crippen molar-refractivity contribution in [3.05, 3.63) is 60.2 Å². The van der Waals surface area contributed by atoms with Crippen LogP contribution in [0.15, 0.2) is 59.5 Å². The average molecular weight is 367 g/mol. The van der Waals surface area contributed by atoms with Crippen LogP contribution in [0, 0.1) is 6.92 Å². The number of urea groups is 1.